The number of aromatic nitrogens is 3. The molecule has 1 aromatic heterocycles. The summed E-state index contributed by atoms with van der Waals surface area (Å²) >= 11 is 0. The van der Waals surface area contributed by atoms with Crippen LogP contribution in [0.4, 0.5) is 17.5 Å². The van der Waals surface area contributed by atoms with E-state index in [0.717, 1.165) is 5.69 Å². The average molecular weight is 333 g/mol. The van der Waals surface area contributed by atoms with Crippen molar-refractivity contribution in [2.45, 2.75) is 13.5 Å². The van der Waals surface area contributed by atoms with Crippen LogP contribution < -0.4 is 10.2 Å². The van der Waals surface area contributed by atoms with Crippen LogP contribution in [0, 0.1) is 0 Å². The number of Topliss-reactive ketones (excluding diaryl/α,β-unsaturated/α-hetero) is 1. The normalized spacial score (nSPS) is 10.3. The van der Waals surface area contributed by atoms with E-state index in [-0.39, 0.29) is 5.78 Å². The van der Waals surface area contributed by atoms with Gasteiger partial charge in [0.1, 0.15) is 0 Å². The smallest absolute Gasteiger partial charge is 0.247 e. The maximum Gasteiger partial charge on any atom is 0.247 e. The summed E-state index contributed by atoms with van der Waals surface area (Å²) < 4.78 is 0. The SMILES string of the molecule is CC(=O)c1cccc(Nc2cnnc(N(C)Cc3ccccc3)n2)c1. The summed E-state index contributed by atoms with van der Waals surface area (Å²) in [6.07, 6.45) is 1.56. The largest absolute Gasteiger partial charge is 0.339 e. The van der Waals surface area contributed by atoms with Crippen LogP contribution in [0.3, 0.4) is 0 Å². The van der Waals surface area contributed by atoms with Crippen LogP contribution in [0.2, 0.25) is 0 Å². The van der Waals surface area contributed by atoms with E-state index in [9.17, 15) is 4.79 Å². The maximum absolute atomic E-state index is 11.5. The fourth-order valence-corrected chi connectivity index (χ4v) is 2.41. The van der Waals surface area contributed by atoms with Gasteiger partial charge in [0.15, 0.2) is 11.6 Å². The zero-order valence-corrected chi connectivity index (χ0v) is 14.2. The van der Waals surface area contributed by atoms with Gasteiger partial charge in [-0.25, -0.2) is 0 Å². The van der Waals surface area contributed by atoms with E-state index in [0.29, 0.717) is 23.9 Å². The van der Waals surface area contributed by atoms with Gasteiger partial charge in [0.05, 0.1) is 6.20 Å². The summed E-state index contributed by atoms with van der Waals surface area (Å²) in [6.45, 7) is 2.23. The fraction of sp³-hybridized carbons (Fsp3) is 0.158. The highest BCUT2D eigenvalue weighted by Crippen LogP contribution is 2.18. The van der Waals surface area contributed by atoms with Crippen LogP contribution in [0.15, 0.2) is 60.8 Å². The van der Waals surface area contributed by atoms with Crippen LogP contribution in [-0.2, 0) is 6.54 Å². The van der Waals surface area contributed by atoms with Crippen molar-refractivity contribution < 1.29 is 4.79 Å². The van der Waals surface area contributed by atoms with Crippen molar-refractivity contribution >= 4 is 23.2 Å². The maximum atomic E-state index is 11.5. The molecule has 6 nitrogen and oxygen atoms in total. The van der Waals surface area contributed by atoms with Crippen molar-refractivity contribution in [3.05, 3.63) is 71.9 Å². The van der Waals surface area contributed by atoms with Gasteiger partial charge in [-0.1, -0.05) is 42.5 Å². The second-order valence-corrected chi connectivity index (χ2v) is 5.75. The minimum atomic E-state index is 0.0211. The number of carbonyl (C=O) groups is 1. The number of carbonyl (C=O) groups excluding carboxylic acids is 1. The molecule has 3 rings (SSSR count). The molecular weight excluding hydrogens is 314 g/mol. The lowest BCUT2D eigenvalue weighted by molar-refractivity contribution is 0.101. The summed E-state index contributed by atoms with van der Waals surface area (Å²) in [5.74, 6) is 1.12. The molecule has 0 aliphatic carbocycles. The molecule has 0 spiro atoms. The van der Waals surface area contributed by atoms with E-state index in [2.05, 4.69) is 32.6 Å². The molecule has 3 aromatic rings. The van der Waals surface area contributed by atoms with E-state index >= 15 is 0 Å². The Morgan fingerprint density at radius 1 is 1.12 bits per heavy atom. The second kappa shape index (κ2) is 7.53. The molecule has 2 aromatic carbocycles. The molecular formula is C19H19N5O. The molecule has 25 heavy (non-hydrogen) atoms. The molecule has 1 heterocycles. The third-order valence-electron chi connectivity index (χ3n) is 3.69. The van der Waals surface area contributed by atoms with Crippen molar-refractivity contribution in [3.8, 4) is 0 Å². The molecule has 0 aliphatic heterocycles. The molecule has 0 unspecified atom stereocenters. The zero-order chi connectivity index (χ0) is 17.6. The number of nitrogens with zero attached hydrogens (tertiary/aromatic N) is 4. The Balaban J connectivity index is 1.75. The van der Waals surface area contributed by atoms with Crippen LogP contribution >= 0.6 is 0 Å². The molecule has 0 saturated heterocycles. The van der Waals surface area contributed by atoms with Crippen molar-refractivity contribution in [1.82, 2.24) is 15.2 Å². The average Bonchev–Trinajstić information content (AvgIpc) is 2.63. The molecule has 6 heteroatoms. The third kappa shape index (κ3) is 4.38. The Morgan fingerprint density at radius 3 is 2.68 bits per heavy atom. The Morgan fingerprint density at radius 2 is 1.92 bits per heavy atom. The van der Waals surface area contributed by atoms with Gasteiger partial charge in [0.2, 0.25) is 5.95 Å². The number of nitrogens with one attached hydrogen (secondary N) is 1. The molecule has 0 atom stereocenters. The molecule has 126 valence electrons. The minimum Gasteiger partial charge on any atom is -0.339 e. The quantitative estimate of drug-likeness (QED) is 0.697. The highest BCUT2D eigenvalue weighted by atomic mass is 16.1. The number of hydrogen-bond donors (Lipinski definition) is 1. The van der Waals surface area contributed by atoms with Gasteiger partial charge < -0.3 is 10.2 Å². The van der Waals surface area contributed by atoms with Gasteiger partial charge in [-0.05, 0) is 24.6 Å². The molecule has 0 saturated carbocycles. The first-order chi connectivity index (χ1) is 12.1. The molecule has 1 N–H and O–H groups in total. The van der Waals surface area contributed by atoms with Crippen LogP contribution in [-0.4, -0.2) is 28.0 Å². The van der Waals surface area contributed by atoms with Crippen molar-refractivity contribution in [2.24, 2.45) is 0 Å². The Hall–Kier alpha value is -3.28. The molecule has 0 bridgehead atoms. The summed E-state index contributed by atoms with van der Waals surface area (Å²) in [7, 11) is 1.92. The molecule has 0 aliphatic rings. The lowest BCUT2D eigenvalue weighted by atomic mass is 10.1. The highest BCUT2D eigenvalue weighted by molar-refractivity contribution is 5.95. The summed E-state index contributed by atoms with van der Waals surface area (Å²) in [5, 5.41) is 11.3. The van der Waals surface area contributed by atoms with Crippen molar-refractivity contribution in [1.29, 1.82) is 0 Å². The van der Waals surface area contributed by atoms with E-state index in [4.69, 9.17) is 0 Å². The minimum absolute atomic E-state index is 0.0211. The first-order valence-electron chi connectivity index (χ1n) is 7.94. The molecule has 0 radical (unpaired) electrons. The van der Waals surface area contributed by atoms with Gasteiger partial charge in [0.25, 0.3) is 0 Å². The number of benzene rings is 2. The van der Waals surface area contributed by atoms with Crippen LogP contribution in [0.25, 0.3) is 0 Å². The number of anilines is 3. The Labute approximate surface area is 146 Å². The Kier molecular flexibility index (Phi) is 4.99. The van der Waals surface area contributed by atoms with Gasteiger partial charge in [-0.2, -0.15) is 10.1 Å². The summed E-state index contributed by atoms with van der Waals surface area (Å²) in [4.78, 5) is 17.9. The summed E-state index contributed by atoms with van der Waals surface area (Å²) in [6, 6.07) is 17.4. The lowest BCUT2D eigenvalue weighted by Crippen LogP contribution is -2.19. The zero-order valence-electron chi connectivity index (χ0n) is 14.2. The first-order valence-corrected chi connectivity index (χ1v) is 7.94. The number of ketones is 1. The fourth-order valence-electron chi connectivity index (χ4n) is 2.41. The van der Waals surface area contributed by atoms with E-state index < -0.39 is 0 Å². The topological polar surface area (TPSA) is 71.0 Å². The standard InChI is InChI=1S/C19H19N5O/c1-14(25)16-9-6-10-17(11-16)21-18-12-20-23-19(22-18)24(2)13-15-7-4-3-5-8-15/h3-12H,13H2,1-2H3,(H,21,22,23). The van der Waals surface area contributed by atoms with E-state index in [1.54, 1.807) is 25.3 Å². The molecule has 0 amide bonds. The third-order valence-corrected chi connectivity index (χ3v) is 3.69. The highest BCUT2D eigenvalue weighted by Gasteiger charge is 2.08. The van der Waals surface area contributed by atoms with Crippen molar-refractivity contribution in [2.75, 3.05) is 17.3 Å². The van der Waals surface area contributed by atoms with Crippen molar-refractivity contribution in [3.63, 3.8) is 0 Å². The van der Waals surface area contributed by atoms with Gasteiger partial charge >= 0.3 is 0 Å². The van der Waals surface area contributed by atoms with E-state index in [1.165, 1.54) is 5.56 Å². The Bertz CT molecular complexity index is 866. The van der Waals surface area contributed by atoms with Crippen LogP contribution in [0.5, 0.6) is 0 Å². The van der Waals surface area contributed by atoms with Crippen LogP contribution in [0.1, 0.15) is 22.8 Å². The predicted molar refractivity (Wildman–Crippen MR) is 98.1 cm³/mol. The lowest BCUT2D eigenvalue weighted by Gasteiger charge is -2.17. The number of rotatable bonds is 6. The molecule has 0 fully saturated rings. The second-order valence-electron chi connectivity index (χ2n) is 5.75. The first kappa shape index (κ1) is 16.6. The van der Waals surface area contributed by atoms with E-state index in [1.807, 2.05) is 42.3 Å². The van der Waals surface area contributed by atoms with Gasteiger partial charge in [0, 0.05) is 24.8 Å². The van der Waals surface area contributed by atoms with Gasteiger partial charge in [-0.15, -0.1) is 5.10 Å². The summed E-state index contributed by atoms with van der Waals surface area (Å²) in [5.41, 5.74) is 2.60. The monoisotopic (exact) mass is 333 g/mol. The predicted octanol–water partition coefficient (Wildman–Crippen LogP) is 3.45. The van der Waals surface area contributed by atoms with Gasteiger partial charge in [-0.3, -0.25) is 4.79 Å². The number of hydrogen-bond acceptors (Lipinski definition) is 6.